The molecule has 0 spiro atoms. The molecule has 2 atom stereocenters. The Morgan fingerprint density at radius 1 is 0.667 bits per heavy atom. The van der Waals surface area contributed by atoms with Crippen LogP contribution < -0.4 is 0 Å². The molecule has 2 aromatic rings. The predicted molar refractivity (Wildman–Crippen MR) is 104 cm³/mol. The minimum Gasteiger partial charge on any atom is -0.222 e. The lowest BCUT2D eigenvalue weighted by molar-refractivity contribution is 0.431. The minimum absolute atomic E-state index is 0.0178. The lowest BCUT2D eigenvalue weighted by atomic mass is 9.68. The van der Waals surface area contributed by atoms with E-state index >= 15 is 0 Å². The van der Waals surface area contributed by atoms with Crippen LogP contribution in [0.2, 0.25) is 0 Å². The van der Waals surface area contributed by atoms with E-state index in [4.69, 9.17) is 0 Å². The van der Waals surface area contributed by atoms with Gasteiger partial charge in [-0.25, -0.2) is 16.8 Å². The van der Waals surface area contributed by atoms with Crippen LogP contribution in [0.15, 0.2) is 94.8 Å². The smallest absolute Gasteiger partial charge is 0.198 e. The molecule has 0 amide bonds. The summed E-state index contributed by atoms with van der Waals surface area (Å²) in [4.78, 5) is 0.0593. The fourth-order valence-electron chi connectivity index (χ4n) is 4.36. The molecule has 0 unspecified atom stereocenters. The molecule has 27 heavy (non-hydrogen) atoms. The minimum atomic E-state index is -4.15. The number of allylic oxidation sites excluding steroid dienone is 2. The van der Waals surface area contributed by atoms with E-state index in [1.165, 1.54) is 24.3 Å². The average molecular weight is 401 g/mol. The molecule has 0 heterocycles. The first kappa shape index (κ1) is 18.2. The summed E-state index contributed by atoms with van der Waals surface area (Å²) in [5.74, 6) is -0.316. The maximum Gasteiger partial charge on any atom is 0.198 e. The third-order valence-electron chi connectivity index (χ3n) is 5.94. The zero-order valence-electron chi connectivity index (χ0n) is 14.7. The molecule has 4 nitrogen and oxygen atoms in total. The van der Waals surface area contributed by atoms with Gasteiger partial charge in [-0.3, -0.25) is 0 Å². The first-order valence-electron chi connectivity index (χ1n) is 8.70. The molecule has 2 aliphatic rings. The highest BCUT2D eigenvalue weighted by Gasteiger charge is 2.66. The monoisotopic (exact) mass is 400 g/mol. The van der Waals surface area contributed by atoms with Gasteiger partial charge in [0.2, 0.25) is 0 Å². The van der Waals surface area contributed by atoms with E-state index in [0.29, 0.717) is 0 Å². The Labute approximate surface area is 160 Å². The van der Waals surface area contributed by atoms with E-state index in [0.717, 1.165) is 11.1 Å². The van der Waals surface area contributed by atoms with Crippen LogP contribution in [0, 0.1) is 11.8 Å². The van der Waals surface area contributed by atoms with Gasteiger partial charge < -0.3 is 0 Å². The summed E-state index contributed by atoms with van der Waals surface area (Å²) in [7, 11) is -8.30. The first-order chi connectivity index (χ1) is 12.7. The standard InChI is InChI=1S/C21H20O4S2/c1-15-16(2)20-14-21(13-19(15)20,26(22,23)17-9-5-3-6-10-17)27(24,25)18-11-7-4-8-12-18/h3-12,19-20H,1-2,13-14H2/t19-,20+. The van der Waals surface area contributed by atoms with E-state index in [1.54, 1.807) is 36.4 Å². The summed E-state index contributed by atoms with van der Waals surface area (Å²) in [5.41, 5.74) is 1.54. The van der Waals surface area contributed by atoms with Crippen LogP contribution in [0.5, 0.6) is 0 Å². The van der Waals surface area contributed by atoms with Gasteiger partial charge in [0.1, 0.15) is 0 Å². The van der Waals surface area contributed by atoms with Gasteiger partial charge in [-0.1, -0.05) is 49.6 Å². The van der Waals surface area contributed by atoms with Gasteiger partial charge >= 0.3 is 0 Å². The Bertz CT molecular complexity index is 1040. The maximum absolute atomic E-state index is 13.7. The van der Waals surface area contributed by atoms with Crippen LogP contribution in [-0.4, -0.2) is 20.9 Å². The van der Waals surface area contributed by atoms with Crippen LogP contribution in [-0.2, 0) is 19.7 Å². The molecule has 0 saturated heterocycles. The highest BCUT2D eigenvalue weighted by atomic mass is 32.3. The molecule has 4 rings (SSSR count). The molecule has 2 aliphatic carbocycles. The number of sulfone groups is 2. The van der Waals surface area contributed by atoms with E-state index in [1.807, 2.05) is 0 Å². The van der Waals surface area contributed by atoms with Crippen LogP contribution in [0.3, 0.4) is 0 Å². The molecular formula is C21H20O4S2. The second-order valence-corrected chi connectivity index (χ2v) is 12.0. The Balaban J connectivity index is 1.96. The highest BCUT2D eigenvalue weighted by Crippen LogP contribution is 2.62. The third kappa shape index (κ3) is 2.33. The molecular weight excluding hydrogens is 380 g/mol. The van der Waals surface area contributed by atoms with Crippen LogP contribution in [0.1, 0.15) is 12.8 Å². The number of fused-ring (bicyclic) bond motifs is 1. The van der Waals surface area contributed by atoms with E-state index in [2.05, 4.69) is 13.2 Å². The van der Waals surface area contributed by atoms with E-state index in [9.17, 15) is 16.8 Å². The van der Waals surface area contributed by atoms with Crippen molar-refractivity contribution < 1.29 is 16.8 Å². The normalized spacial score (nSPS) is 24.3. The van der Waals surface area contributed by atoms with Gasteiger partial charge in [0, 0.05) is 0 Å². The largest absolute Gasteiger partial charge is 0.222 e. The summed E-state index contributed by atoms with van der Waals surface area (Å²) < 4.78 is 52.8. The van der Waals surface area contributed by atoms with Gasteiger partial charge in [0.15, 0.2) is 23.8 Å². The molecule has 2 fully saturated rings. The van der Waals surface area contributed by atoms with Crippen molar-refractivity contribution in [3.05, 3.63) is 85.0 Å². The molecule has 6 heteroatoms. The van der Waals surface area contributed by atoms with Crippen molar-refractivity contribution in [2.75, 3.05) is 0 Å². The second kappa shape index (κ2) is 5.91. The topological polar surface area (TPSA) is 68.3 Å². The van der Waals surface area contributed by atoms with Crippen molar-refractivity contribution >= 4 is 19.7 Å². The average Bonchev–Trinajstić information content (AvgIpc) is 3.08. The van der Waals surface area contributed by atoms with Gasteiger partial charge in [-0.15, -0.1) is 0 Å². The van der Waals surface area contributed by atoms with Gasteiger partial charge in [-0.2, -0.15) is 0 Å². The zero-order chi connectivity index (χ0) is 19.4. The van der Waals surface area contributed by atoms with E-state index < -0.39 is 23.8 Å². The summed E-state index contributed by atoms with van der Waals surface area (Å²) in [6.07, 6.45) is 0.0357. The zero-order valence-corrected chi connectivity index (χ0v) is 16.3. The SMILES string of the molecule is C=C1C(=C)[C@@H]2CC(S(=O)(=O)c3ccccc3)(S(=O)(=O)c3ccccc3)C[C@H]12. The fraction of sp³-hybridized carbons (Fsp3) is 0.238. The molecule has 140 valence electrons. The summed E-state index contributed by atoms with van der Waals surface area (Å²) >= 11 is 0. The van der Waals surface area contributed by atoms with Gasteiger partial charge in [-0.05, 0) is 60.1 Å². The van der Waals surface area contributed by atoms with E-state index in [-0.39, 0.29) is 34.5 Å². The number of benzene rings is 2. The first-order valence-corrected chi connectivity index (χ1v) is 11.7. The molecule has 2 saturated carbocycles. The van der Waals surface area contributed by atoms with Gasteiger partial charge in [0.05, 0.1) is 9.79 Å². The van der Waals surface area contributed by atoms with Crippen molar-refractivity contribution in [3.8, 4) is 0 Å². The van der Waals surface area contributed by atoms with Crippen molar-refractivity contribution in [1.82, 2.24) is 0 Å². The molecule has 2 aromatic carbocycles. The van der Waals surface area contributed by atoms with Crippen molar-refractivity contribution in [1.29, 1.82) is 0 Å². The molecule has 0 radical (unpaired) electrons. The van der Waals surface area contributed by atoms with Crippen LogP contribution >= 0.6 is 0 Å². The Kier molecular flexibility index (Phi) is 3.98. The van der Waals surface area contributed by atoms with Gasteiger partial charge in [0.25, 0.3) is 0 Å². The second-order valence-electron chi connectivity index (χ2n) is 7.22. The predicted octanol–water partition coefficient (Wildman–Crippen LogP) is 3.78. The number of hydrogen-bond acceptors (Lipinski definition) is 4. The van der Waals surface area contributed by atoms with Crippen LogP contribution in [0.25, 0.3) is 0 Å². The summed E-state index contributed by atoms with van der Waals surface area (Å²) in [6, 6.07) is 15.7. The van der Waals surface area contributed by atoms with Crippen molar-refractivity contribution in [3.63, 3.8) is 0 Å². The maximum atomic E-state index is 13.7. The van der Waals surface area contributed by atoms with Crippen molar-refractivity contribution in [2.45, 2.75) is 26.7 Å². The highest BCUT2D eigenvalue weighted by molar-refractivity contribution is 8.10. The lowest BCUT2D eigenvalue weighted by Crippen LogP contribution is -2.44. The number of hydrogen-bond donors (Lipinski definition) is 0. The molecule has 0 aromatic heterocycles. The quantitative estimate of drug-likeness (QED) is 0.783. The Morgan fingerprint density at radius 3 is 1.33 bits per heavy atom. The molecule has 0 N–H and O–H groups in total. The fourth-order valence-corrected chi connectivity index (χ4v) is 9.58. The van der Waals surface area contributed by atoms with Crippen molar-refractivity contribution in [2.24, 2.45) is 11.8 Å². The third-order valence-corrected chi connectivity index (χ3v) is 11.7. The summed E-state index contributed by atoms with van der Waals surface area (Å²) in [6.45, 7) is 7.94. The lowest BCUT2D eigenvalue weighted by Gasteiger charge is -2.35. The number of rotatable bonds is 4. The summed E-state index contributed by atoms with van der Waals surface area (Å²) in [5, 5.41) is 0. The Morgan fingerprint density at radius 2 is 1.00 bits per heavy atom. The molecule has 0 aliphatic heterocycles. The molecule has 0 bridgehead atoms. The van der Waals surface area contributed by atoms with Crippen LogP contribution in [0.4, 0.5) is 0 Å². The Hall–Kier alpha value is -2.18.